The third kappa shape index (κ3) is 1.25. The third-order valence-corrected chi connectivity index (χ3v) is 3.99. The molecule has 0 bridgehead atoms. The Labute approximate surface area is 82.4 Å². The van der Waals surface area contributed by atoms with Gasteiger partial charge in [-0.25, -0.2) is 0 Å². The fourth-order valence-corrected chi connectivity index (χ4v) is 3.34. The molecule has 0 aromatic carbocycles. The average Bonchev–Trinajstić information content (AvgIpc) is 2.61. The van der Waals surface area contributed by atoms with Gasteiger partial charge in [-0.15, -0.1) is 22.7 Å². The van der Waals surface area contributed by atoms with E-state index in [1.165, 1.54) is 22.7 Å². The first-order valence-corrected chi connectivity index (χ1v) is 5.38. The van der Waals surface area contributed by atoms with E-state index in [0.717, 1.165) is 15.0 Å². The van der Waals surface area contributed by atoms with Crippen molar-refractivity contribution in [2.45, 2.75) is 6.61 Å². The van der Waals surface area contributed by atoms with Crippen LogP contribution in [-0.4, -0.2) is 11.0 Å². The van der Waals surface area contributed by atoms with Crippen molar-refractivity contribution >= 4 is 38.0 Å². The highest BCUT2D eigenvalue weighted by Gasteiger charge is 2.13. The Balaban J connectivity index is 2.75. The maximum Gasteiger partial charge on any atom is 0.250 e. The Hall–Kier alpha value is -0.910. The molecule has 0 saturated heterocycles. The molecule has 0 spiro atoms. The lowest BCUT2D eigenvalue weighted by atomic mass is 10.1. The number of aliphatic hydroxyl groups excluding tert-OH is 1. The van der Waals surface area contributed by atoms with Gasteiger partial charge < -0.3 is 10.8 Å². The quantitative estimate of drug-likeness (QED) is 0.795. The van der Waals surface area contributed by atoms with E-state index in [0.29, 0.717) is 5.56 Å². The predicted octanol–water partition coefficient (Wildman–Crippen LogP) is 1.55. The SMILES string of the molecule is NC(=O)c1csc2scc(CO)c12. The predicted molar refractivity (Wildman–Crippen MR) is 54.1 cm³/mol. The minimum absolute atomic E-state index is 0.0446. The number of fused-ring (bicyclic) bond motifs is 1. The van der Waals surface area contributed by atoms with E-state index in [1.807, 2.05) is 5.38 Å². The number of primary amides is 1. The standard InChI is InChI=1S/C8H7NO2S2/c9-7(11)5-3-13-8-6(5)4(1-10)2-12-8/h2-3,10H,1H2,(H2,9,11). The summed E-state index contributed by atoms with van der Waals surface area (Å²) in [5, 5.41) is 13.4. The van der Waals surface area contributed by atoms with E-state index >= 15 is 0 Å². The van der Waals surface area contributed by atoms with Crippen LogP contribution in [0.3, 0.4) is 0 Å². The topological polar surface area (TPSA) is 63.3 Å². The molecule has 2 rings (SSSR count). The smallest absolute Gasteiger partial charge is 0.250 e. The van der Waals surface area contributed by atoms with Gasteiger partial charge in [0, 0.05) is 10.8 Å². The lowest BCUT2D eigenvalue weighted by molar-refractivity contribution is 0.100. The molecule has 13 heavy (non-hydrogen) atoms. The van der Waals surface area contributed by atoms with Gasteiger partial charge in [0.25, 0.3) is 0 Å². The first-order chi connectivity index (χ1) is 6.24. The molecule has 1 amide bonds. The van der Waals surface area contributed by atoms with Crippen molar-refractivity contribution in [2.24, 2.45) is 5.73 Å². The fraction of sp³-hybridized carbons (Fsp3) is 0.125. The summed E-state index contributed by atoms with van der Waals surface area (Å²) in [6, 6.07) is 0. The van der Waals surface area contributed by atoms with Crippen molar-refractivity contribution in [3.63, 3.8) is 0 Å². The molecule has 0 saturated carbocycles. The zero-order valence-electron chi connectivity index (χ0n) is 6.61. The number of aliphatic hydroxyl groups is 1. The van der Waals surface area contributed by atoms with Gasteiger partial charge in [-0.2, -0.15) is 0 Å². The Morgan fingerprint density at radius 3 is 2.77 bits per heavy atom. The van der Waals surface area contributed by atoms with Gasteiger partial charge in [-0.3, -0.25) is 4.79 Å². The van der Waals surface area contributed by atoms with Gasteiger partial charge in [0.05, 0.1) is 16.2 Å². The summed E-state index contributed by atoms with van der Waals surface area (Å²) in [7, 11) is 0. The first kappa shape index (κ1) is 8.68. The number of carbonyl (C=O) groups is 1. The third-order valence-electron chi connectivity index (χ3n) is 1.82. The zero-order valence-corrected chi connectivity index (χ0v) is 8.24. The van der Waals surface area contributed by atoms with Crippen molar-refractivity contribution in [2.75, 3.05) is 0 Å². The number of hydrogen-bond donors (Lipinski definition) is 2. The molecule has 3 nitrogen and oxygen atoms in total. The van der Waals surface area contributed by atoms with Crippen molar-refractivity contribution in [1.29, 1.82) is 0 Å². The molecule has 5 heteroatoms. The number of amides is 1. The summed E-state index contributed by atoms with van der Waals surface area (Å²) in [5.41, 5.74) is 6.50. The highest BCUT2D eigenvalue weighted by Crippen LogP contribution is 2.34. The summed E-state index contributed by atoms with van der Waals surface area (Å²) in [4.78, 5) is 11.0. The molecule has 3 N–H and O–H groups in total. The van der Waals surface area contributed by atoms with Crippen LogP contribution in [0, 0.1) is 0 Å². The molecule has 2 heterocycles. The normalized spacial score (nSPS) is 10.8. The van der Waals surface area contributed by atoms with Crippen LogP contribution in [0.5, 0.6) is 0 Å². The lowest BCUT2D eigenvalue weighted by Crippen LogP contribution is -2.10. The van der Waals surface area contributed by atoms with Crippen molar-refractivity contribution < 1.29 is 9.90 Å². The van der Waals surface area contributed by atoms with Gasteiger partial charge in [0.15, 0.2) is 0 Å². The average molecular weight is 213 g/mol. The number of nitrogens with two attached hydrogens (primary N) is 1. The van der Waals surface area contributed by atoms with Crippen LogP contribution >= 0.6 is 22.7 Å². The molecule has 0 aliphatic carbocycles. The van der Waals surface area contributed by atoms with Crippen LogP contribution in [-0.2, 0) is 6.61 Å². The van der Waals surface area contributed by atoms with E-state index in [1.54, 1.807) is 5.38 Å². The van der Waals surface area contributed by atoms with Gasteiger partial charge in [0.1, 0.15) is 0 Å². The second-order valence-electron chi connectivity index (χ2n) is 2.60. The monoisotopic (exact) mass is 213 g/mol. The van der Waals surface area contributed by atoms with Crippen molar-refractivity contribution in [3.05, 3.63) is 21.9 Å². The number of rotatable bonds is 2. The Morgan fingerprint density at radius 2 is 2.15 bits per heavy atom. The summed E-state index contributed by atoms with van der Waals surface area (Å²) in [5.74, 6) is -0.431. The molecule has 0 unspecified atom stereocenters. The second-order valence-corrected chi connectivity index (χ2v) is 4.61. The van der Waals surface area contributed by atoms with Crippen LogP contribution in [0.1, 0.15) is 15.9 Å². The summed E-state index contributed by atoms with van der Waals surface area (Å²) in [6.07, 6.45) is 0. The van der Waals surface area contributed by atoms with Crippen LogP contribution in [0.4, 0.5) is 0 Å². The van der Waals surface area contributed by atoms with Gasteiger partial charge in [-0.1, -0.05) is 0 Å². The van der Waals surface area contributed by atoms with Crippen LogP contribution < -0.4 is 5.73 Å². The Morgan fingerprint density at radius 1 is 1.46 bits per heavy atom. The van der Waals surface area contributed by atoms with Gasteiger partial charge >= 0.3 is 0 Å². The minimum atomic E-state index is -0.431. The van der Waals surface area contributed by atoms with Crippen LogP contribution in [0.15, 0.2) is 10.8 Å². The molecule has 0 radical (unpaired) electrons. The second kappa shape index (κ2) is 3.10. The largest absolute Gasteiger partial charge is 0.392 e. The Kier molecular flexibility index (Phi) is 2.07. The van der Waals surface area contributed by atoms with E-state index in [2.05, 4.69) is 0 Å². The zero-order chi connectivity index (χ0) is 9.42. The molecule has 0 aliphatic heterocycles. The van der Waals surface area contributed by atoms with E-state index < -0.39 is 5.91 Å². The highest BCUT2D eigenvalue weighted by atomic mass is 32.2. The summed E-state index contributed by atoms with van der Waals surface area (Å²) in [6.45, 7) is -0.0446. The van der Waals surface area contributed by atoms with Crippen molar-refractivity contribution in [3.8, 4) is 0 Å². The molecule has 0 fully saturated rings. The molecule has 2 aromatic rings. The number of carbonyl (C=O) groups excluding carboxylic acids is 1. The van der Waals surface area contributed by atoms with Gasteiger partial charge in [0.2, 0.25) is 5.91 Å². The van der Waals surface area contributed by atoms with E-state index in [4.69, 9.17) is 10.8 Å². The minimum Gasteiger partial charge on any atom is -0.392 e. The first-order valence-electron chi connectivity index (χ1n) is 3.62. The molecule has 0 aliphatic rings. The number of hydrogen-bond acceptors (Lipinski definition) is 4. The van der Waals surface area contributed by atoms with Crippen molar-refractivity contribution in [1.82, 2.24) is 0 Å². The maximum absolute atomic E-state index is 11.0. The molecule has 2 aromatic heterocycles. The molecule has 0 atom stereocenters. The number of thiophene rings is 2. The highest BCUT2D eigenvalue weighted by molar-refractivity contribution is 7.37. The van der Waals surface area contributed by atoms with E-state index in [-0.39, 0.29) is 6.61 Å². The van der Waals surface area contributed by atoms with Crippen LogP contribution in [0.2, 0.25) is 0 Å². The van der Waals surface area contributed by atoms with Gasteiger partial charge in [-0.05, 0) is 10.9 Å². The summed E-state index contributed by atoms with van der Waals surface area (Å²) < 4.78 is 1.04. The van der Waals surface area contributed by atoms with Crippen LogP contribution in [0.25, 0.3) is 9.40 Å². The lowest BCUT2D eigenvalue weighted by Gasteiger charge is -1.92. The van der Waals surface area contributed by atoms with E-state index in [9.17, 15) is 4.79 Å². The fourth-order valence-electron chi connectivity index (χ4n) is 1.21. The maximum atomic E-state index is 11.0. The molecular formula is C8H7NO2S2. The molecular weight excluding hydrogens is 206 g/mol. The molecule has 68 valence electrons. The summed E-state index contributed by atoms with van der Waals surface area (Å²) >= 11 is 3.01. The Bertz CT molecular complexity index is 458.